The largest absolute Gasteiger partial charge is 0.304 e. The number of aldehydes is 1. The van der Waals surface area contributed by atoms with E-state index in [1.54, 1.807) is 6.07 Å². The van der Waals surface area contributed by atoms with Crippen LogP contribution in [0, 0.1) is 11.7 Å². The highest BCUT2D eigenvalue weighted by atomic mass is 19.1. The van der Waals surface area contributed by atoms with Crippen molar-refractivity contribution < 1.29 is 9.18 Å². The zero-order chi connectivity index (χ0) is 13.1. The lowest BCUT2D eigenvalue weighted by Gasteiger charge is -2.17. The fourth-order valence-corrected chi connectivity index (χ4v) is 2.62. The van der Waals surface area contributed by atoms with E-state index in [4.69, 9.17) is 0 Å². The van der Waals surface area contributed by atoms with Gasteiger partial charge >= 0.3 is 0 Å². The average Bonchev–Trinajstić information content (AvgIpc) is 3.15. The number of nitrogens with zero attached hydrogens (tertiary/aromatic N) is 1. The van der Waals surface area contributed by atoms with Gasteiger partial charge in [0.15, 0.2) is 0 Å². The Hall–Kier alpha value is -1.22. The van der Waals surface area contributed by atoms with Gasteiger partial charge in [-0.2, -0.15) is 0 Å². The molecule has 0 spiro atoms. The van der Waals surface area contributed by atoms with Crippen molar-refractivity contribution in [3.63, 3.8) is 0 Å². The van der Waals surface area contributed by atoms with E-state index in [1.165, 1.54) is 12.1 Å². The minimum atomic E-state index is -0.246. The first-order valence-electron chi connectivity index (χ1n) is 6.66. The summed E-state index contributed by atoms with van der Waals surface area (Å²) in [6, 6.07) is 4.47. The molecule has 0 aromatic heterocycles. The molecule has 1 aromatic carbocycles. The molecule has 2 nitrogen and oxygen atoms in total. The predicted molar refractivity (Wildman–Crippen MR) is 70.4 cm³/mol. The van der Waals surface area contributed by atoms with Crippen molar-refractivity contribution in [1.82, 2.24) is 4.90 Å². The van der Waals surface area contributed by atoms with Gasteiger partial charge in [-0.15, -0.1) is 0 Å². The number of rotatable bonds is 6. The normalized spacial score (nSPS) is 22.2. The number of hydrogen-bond acceptors (Lipinski definition) is 2. The summed E-state index contributed by atoms with van der Waals surface area (Å²) in [5.41, 5.74) is 1.53. The Morgan fingerprint density at radius 1 is 1.39 bits per heavy atom. The van der Waals surface area contributed by atoms with Crippen LogP contribution >= 0.6 is 0 Å². The first kappa shape index (κ1) is 13.2. The number of halogens is 1. The summed E-state index contributed by atoms with van der Waals surface area (Å²) < 4.78 is 13.3. The van der Waals surface area contributed by atoms with Crippen molar-refractivity contribution in [2.24, 2.45) is 5.92 Å². The van der Waals surface area contributed by atoms with E-state index >= 15 is 0 Å². The summed E-state index contributed by atoms with van der Waals surface area (Å²) in [4.78, 5) is 13.4. The average molecular weight is 249 g/mol. The standard InChI is InChI=1S/C15H20FNO/c1-3-17(4-2)9-12-7-14(12)15-8-13(16)6-5-11(15)10-18/h5-6,8,10,12,14H,3-4,7,9H2,1-2H3. The van der Waals surface area contributed by atoms with Crippen molar-refractivity contribution in [2.45, 2.75) is 26.2 Å². The zero-order valence-corrected chi connectivity index (χ0v) is 11.0. The van der Waals surface area contributed by atoms with E-state index < -0.39 is 0 Å². The van der Waals surface area contributed by atoms with Crippen LogP contribution < -0.4 is 0 Å². The molecular formula is C15H20FNO. The van der Waals surface area contributed by atoms with E-state index in [0.717, 1.165) is 37.9 Å². The molecule has 0 radical (unpaired) electrons. The molecule has 98 valence electrons. The molecule has 1 aromatic rings. The minimum Gasteiger partial charge on any atom is -0.304 e. The second-order valence-corrected chi connectivity index (χ2v) is 4.98. The Bertz CT molecular complexity index is 429. The van der Waals surface area contributed by atoms with E-state index in [9.17, 15) is 9.18 Å². The number of benzene rings is 1. The molecule has 1 fully saturated rings. The van der Waals surface area contributed by atoms with Crippen molar-refractivity contribution in [2.75, 3.05) is 19.6 Å². The van der Waals surface area contributed by atoms with Gasteiger partial charge in [0.05, 0.1) is 0 Å². The van der Waals surface area contributed by atoms with Crippen LogP contribution in [0.1, 0.15) is 42.1 Å². The quantitative estimate of drug-likeness (QED) is 0.722. The maximum absolute atomic E-state index is 13.3. The SMILES string of the molecule is CCN(CC)CC1CC1c1cc(F)ccc1C=O. The number of hydrogen-bond donors (Lipinski definition) is 0. The third-order valence-corrected chi connectivity index (χ3v) is 3.88. The van der Waals surface area contributed by atoms with Crippen LogP contribution in [0.4, 0.5) is 4.39 Å². The molecule has 2 unspecified atom stereocenters. The fraction of sp³-hybridized carbons (Fsp3) is 0.533. The smallest absolute Gasteiger partial charge is 0.150 e. The second kappa shape index (κ2) is 5.61. The summed E-state index contributed by atoms with van der Waals surface area (Å²) in [5.74, 6) is 0.691. The van der Waals surface area contributed by atoms with E-state index in [-0.39, 0.29) is 5.82 Å². The summed E-state index contributed by atoms with van der Waals surface area (Å²) in [5, 5.41) is 0. The van der Waals surface area contributed by atoms with E-state index in [2.05, 4.69) is 18.7 Å². The Balaban J connectivity index is 2.06. The van der Waals surface area contributed by atoms with Crippen molar-refractivity contribution >= 4 is 6.29 Å². The summed E-state index contributed by atoms with van der Waals surface area (Å²) in [6.07, 6.45) is 1.91. The van der Waals surface area contributed by atoms with Gasteiger partial charge in [-0.05, 0) is 55.1 Å². The third kappa shape index (κ3) is 2.78. The third-order valence-electron chi connectivity index (χ3n) is 3.88. The van der Waals surface area contributed by atoms with Crippen LogP contribution in [0.2, 0.25) is 0 Å². The van der Waals surface area contributed by atoms with Gasteiger partial charge < -0.3 is 4.90 Å². The maximum atomic E-state index is 13.3. The maximum Gasteiger partial charge on any atom is 0.150 e. The molecule has 0 N–H and O–H groups in total. The Morgan fingerprint density at radius 2 is 2.11 bits per heavy atom. The fourth-order valence-electron chi connectivity index (χ4n) is 2.62. The molecule has 0 bridgehead atoms. The van der Waals surface area contributed by atoms with Crippen molar-refractivity contribution in [3.05, 3.63) is 35.1 Å². The van der Waals surface area contributed by atoms with E-state index in [0.29, 0.717) is 17.4 Å². The van der Waals surface area contributed by atoms with Crippen LogP contribution in [0.25, 0.3) is 0 Å². The van der Waals surface area contributed by atoms with Gasteiger partial charge in [-0.25, -0.2) is 4.39 Å². The molecule has 1 aliphatic rings. The van der Waals surface area contributed by atoms with Gasteiger partial charge in [-0.3, -0.25) is 4.79 Å². The summed E-state index contributed by atoms with van der Waals surface area (Å²) in [6.45, 7) is 7.44. The second-order valence-electron chi connectivity index (χ2n) is 4.98. The van der Waals surface area contributed by atoms with Crippen LogP contribution in [-0.2, 0) is 0 Å². The van der Waals surface area contributed by atoms with Crippen molar-refractivity contribution in [3.8, 4) is 0 Å². The molecule has 18 heavy (non-hydrogen) atoms. The van der Waals surface area contributed by atoms with Crippen molar-refractivity contribution in [1.29, 1.82) is 0 Å². The summed E-state index contributed by atoms with van der Waals surface area (Å²) in [7, 11) is 0. The highest BCUT2D eigenvalue weighted by Gasteiger charge is 2.40. The summed E-state index contributed by atoms with van der Waals surface area (Å²) >= 11 is 0. The van der Waals surface area contributed by atoms with Crippen LogP contribution in [0.5, 0.6) is 0 Å². The zero-order valence-electron chi connectivity index (χ0n) is 11.0. The van der Waals surface area contributed by atoms with Crippen LogP contribution in [0.15, 0.2) is 18.2 Å². The van der Waals surface area contributed by atoms with Crippen LogP contribution in [-0.4, -0.2) is 30.8 Å². The lowest BCUT2D eigenvalue weighted by atomic mass is 10.0. The molecule has 0 aliphatic heterocycles. The first-order valence-corrected chi connectivity index (χ1v) is 6.66. The predicted octanol–water partition coefficient (Wildman–Crippen LogP) is 3.08. The molecule has 2 rings (SSSR count). The lowest BCUT2D eigenvalue weighted by molar-refractivity contribution is 0.112. The molecule has 0 amide bonds. The lowest BCUT2D eigenvalue weighted by Crippen LogP contribution is -2.25. The highest BCUT2D eigenvalue weighted by Crippen LogP contribution is 2.48. The van der Waals surface area contributed by atoms with Gasteiger partial charge in [0.25, 0.3) is 0 Å². The molecular weight excluding hydrogens is 229 g/mol. The minimum absolute atomic E-state index is 0.246. The highest BCUT2D eigenvalue weighted by molar-refractivity contribution is 5.78. The molecule has 0 saturated heterocycles. The molecule has 1 aliphatic carbocycles. The Kier molecular flexibility index (Phi) is 4.12. The molecule has 1 saturated carbocycles. The van der Waals surface area contributed by atoms with Gasteiger partial charge in [-0.1, -0.05) is 13.8 Å². The van der Waals surface area contributed by atoms with E-state index in [1.807, 2.05) is 0 Å². The monoisotopic (exact) mass is 249 g/mol. The first-order chi connectivity index (χ1) is 8.69. The molecule has 2 atom stereocenters. The molecule has 0 heterocycles. The Morgan fingerprint density at radius 3 is 2.72 bits per heavy atom. The topological polar surface area (TPSA) is 20.3 Å². The number of carbonyl (C=O) groups excluding carboxylic acids is 1. The van der Waals surface area contributed by atoms with Gasteiger partial charge in [0, 0.05) is 12.1 Å². The van der Waals surface area contributed by atoms with Gasteiger partial charge in [0.1, 0.15) is 12.1 Å². The van der Waals surface area contributed by atoms with Crippen LogP contribution in [0.3, 0.4) is 0 Å². The molecule has 3 heteroatoms. The Labute approximate surface area is 108 Å². The van der Waals surface area contributed by atoms with Gasteiger partial charge in [0.2, 0.25) is 0 Å². The number of carbonyl (C=O) groups is 1.